The first kappa shape index (κ1) is 30.5. The maximum Gasteiger partial charge on any atom is 0.417 e. The lowest BCUT2D eigenvalue weighted by atomic mass is 9.77. The Bertz CT molecular complexity index is 1430. The molecule has 1 heterocycles. The topological polar surface area (TPSA) is 78.5 Å². The number of likely N-dealkylation sites (tertiary alicyclic amines) is 1. The molecular weight excluding hydrogens is 562 g/mol. The molecule has 2 N–H and O–H groups in total. The van der Waals surface area contributed by atoms with Crippen LogP contribution in [0.4, 0.5) is 23.2 Å². The molecule has 2 aromatic rings. The molecule has 43 heavy (non-hydrogen) atoms. The molecule has 3 atom stereocenters. The smallest absolute Gasteiger partial charge is 0.383 e. The minimum absolute atomic E-state index is 0.0493. The molecule has 0 aromatic heterocycles. The first-order chi connectivity index (χ1) is 20.6. The fourth-order valence-electron chi connectivity index (χ4n) is 6.64. The minimum Gasteiger partial charge on any atom is -0.383 e. The van der Waals surface area contributed by atoms with Crippen LogP contribution in [0.3, 0.4) is 0 Å². The summed E-state index contributed by atoms with van der Waals surface area (Å²) in [5.74, 6) is -2.74. The summed E-state index contributed by atoms with van der Waals surface area (Å²) in [6, 6.07) is 7.20. The number of allylic oxidation sites excluding steroid dienone is 2. The summed E-state index contributed by atoms with van der Waals surface area (Å²) in [5.41, 5.74) is -0.358. The van der Waals surface area contributed by atoms with Crippen LogP contribution in [-0.4, -0.2) is 41.6 Å². The van der Waals surface area contributed by atoms with E-state index in [1.165, 1.54) is 31.0 Å². The van der Waals surface area contributed by atoms with Gasteiger partial charge in [-0.05, 0) is 74.9 Å². The van der Waals surface area contributed by atoms with Crippen LogP contribution in [0.25, 0.3) is 0 Å². The number of carbonyl (C=O) groups excluding carboxylic acids is 3. The lowest BCUT2D eigenvalue weighted by molar-refractivity contribution is -0.137. The zero-order chi connectivity index (χ0) is 30.7. The second-order valence-corrected chi connectivity index (χ2v) is 11.6. The molecule has 2 aromatic carbocycles. The van der Waals surface area contributed by atoms with Crippen molar-refractivity contribution in [2.45, 2.75) is 70.1 Å². The van der Waals surface area contributed by atoms with Crippen molar-refractivity contribution in [3.63, 3.8) is 0 Å². The Morgan fingerprint density at radius 2 is 1.81 bits per heavy atom. The van der Waals surface area contributed by atoms with E-state index in [9.17, 15) is 31.9 Å². The number of rotatable bonds is 7. The second kappa shape index (κ2) is 12.7. The average Bonchev–Trinajstić information content (AvgIpc) is 3.49. The molecule has 1 aliphatic heterocycles. The zero-order valence-corrected chi connectivity index (χ0v) is 23.9. The van der Waals surface area contributed by atoms with E-state index in [0.29, 0.717) is 37.4 Å². The molecule has 6 nitrogen and oxygen atoms in total. The highest BCUT2D eigenvalue weighted by molar-refractivity contribution is 5.98. The van der Waals surface area contributed by atoms with Gasteiger partial charge in [0.1, 0.15) is 5.82 Å². The molecule has 10 heteroatoms. The minimum atomic E-state index is -4.78. The maximum absolute atomic E-state index is 14.9. The summed E-state index contributed by atoms with van der Waals surface area (Å²) < 4.78 is 55.7. The largest absolute Gasteiger partial charge is 0.417 e. The van der Waals surface area contributed by atoms with E-state index in [4.69, 9.17) is 0 Å². The second-order valence-electron chi connectivity index (χ2n) is 11.6. The summed E-state index contributed by atoms with van der Waals surface area (Å²) in [5, 5.41) is 6.16. The van der Waals surface area contributed by atoms with Gasteiger partial charge in [0.05, 0.1) is 23.1 Å². The van der Waals surface area contributed by atoms with Crippen LogP contribution in [0, 0.1) is 24.6 Å². The molecule has 2 aliphatic carbocycles. The number of nitrogens with zero attached hydrogens (tertiary/aromatic N) is 1. The van der Waals surface area contributed by atoms with E-state index in [2.05, 4.69) is 16.7 Å². The van der Waals surface area contributed by atoms with Crippen molar-refractivity contribution in [1.82, 2.24) is 10.2 Å². The van der Waals surface area contributed by atoms with Gasteiger partial charge in [-0.15, -0.1) is 0 Å². The van der Waals surface area contributed by atoms with Crippen LogP contribution < -0.4 is 10.6 Å². The number of anilines is 1. The van der Waals surface area contributed by atoms with Crippen LogP contribution >= 0.6 is 0 Å². The number of aryl methyl sites for hydroxylation is 1. The van der Waals surface area contributed by atoms with Crippen molar-refractivity contribution >= 4 is 23.8 Å². The van der Waals surface area contributed by atoms with Gasteiger partial charge < -0.3 is 15.5 Å². The molecule has 0 radical (unpaired) electrons. The van der Waals surface area contributed by atoms with Gasteiger partial charge in [0.2, 0.25) is 5.91 Å². The van der Waals surface area contributed by atoms with Crippen LogP contribution in [-0.2, 0) is 11.0 Å². The standard InChI is InChI=1S/C33H35F4N3O3/c1-20-6-4-10-28(34)29(20)32(43)40-17-5-9-26(30(40)21-11-14-24(15-12-21)38-23-7-2-3-8-23)31(42)39-25-16-13-22(19-41)27(18-25)33(35,36)37/h4,6,10-11,13-16,18-19,21,23,26,30,38H,2-3,5,7-9,12,17H2,1H3,(H,39,42)/t21?,26-,30-/m0/s1. The molecule has 5 rings (SSSR count). The lowest BCUT2D eigenvalue weighted by Crippen LogP contribution is -2.55. The molecule has 228 valence electrons. The normalized spacial score (nSPS) is 22.7. The number of carbonyl (C=O) groups is 3. The Kier molecular flexibility index (Phi) is 9.03. The van der Waals surface area contributed by atoms with Gasteiger partial charge in [0.25, 0.3) is 5.91 Å². The molecule has 1 unspecified atom stereocenters. The van der Waals surface area contributed by atoms with Gasteiger partial charge in [-0.1, -0.05) is 37.1 Å². The van der Waals surface area contributed by atoms with E-state index < -0.39 is 46.9 Å². The summed E-state index contributed by atoms with van der Waals surface area (Å²) >= 11 is 0. The summed E-state index contributed by atoms with van der Waals surface area (Å²) in [4.78, 5) is 40.4. The molecule has 1 saturated heterocycles. The maximum atomic E-state index is 14.9. The number of benzene rings is 2. The van der Waals surface area contributed by atoms with Crippen molar-refractivity contribution in [1.29, 1.82) is 0 Å². The Morgan fingerprint density at radius 1 is 1.05 bits per heavy atom. The van der Waals surface area contributed by atoms with Crippen molar-refractivity contribution in [3.8, 4) is 0 Å². The number of halogens is 4. The van der Waals surface area contributed by atoms with E-state index in [1.54, 1.807) is 17.9 Å². The quantitative estimate of drug-likeness (QED) is 0.271. The molecule has 0 bridgehead atoms. The van der Waals surface area contributed by atoms with Crippen molar-refractivity contribution < 1.29 is 31.9 Å². The number of hydrogen-bond acceptors (Lipinski definition) is 4. The molecule has 2 fully saturated rings. The first-order valence-corrected chi connectivity index (χ1v) is 14.7. The highest BCUT2D eigenvalue weighted by Gasteiger charge is 2.43. The highest BCUT2D eigenvalue weighted by Crippen LogP contribution is 2.37. The van der Waals surface area contributed by atoms with Gasteiger partial charge in [-0.2, -0.15) is 13.2 Å². The van der Waals surface area contributed by atoms with E-state index >= 15 is 0 Å². The van der Waals surface area contributed by atoms with Gasteiger partial charge in [-0.3, -0.25) is 14.4 Å². The number of piperidine rings is 1. The lowest BCUT2D eigenvalue weighted by Gasteiger charge is -2.44. The van der Waals surface area contributed by atoms with E-state index in [-0.39, 0.29) is 23.5 Å². The summed E-state index contributed by atoms with van der Waals surface area (Å²) in [6.45, 7) is 1.97. The predicted molar refractivity (Wildman–Crippen MR) is 155 cm³/mol. The van der Waals surface area contributed by atoms with Gasteiger partial charge in [0.15, 0.2) is 6.29 Å². The summed E-state index contributed by atoms with van der Waals surface area (Å²) in [6.07, 6.45) is 7.31. The van der Waals surface area contributed by atoms with Crippen LogP contribution in [0.5, 0.6) is 0 Å². The molecule has 0 spiro atoms. The summed E-state index contributed by atoms with van der Waals surface area (Å²) in [7, 11) is 0. The van der Waals surface area contributed by atoms with Gasteiger partial charge >= 0.3 is 6.18 Å². The average molecular weight is 598 g/mol. The Hall–Kier alpha value is -3.95. The Balaban J connectivity index is 1.44. The highest BCUT2D eigenvalue weighted by atomic mass is 19.4. The third-order valence-electron chi connectivity index (χ3n) is 8.77. The fraction of sp³-hybridized carbons (Fsp3) is 0.424. The number of nitrogens with one attached hydrogen (secondary N) is 2. The number of aldehydes is 1. The number of alkyl halides is 3. The Labute approximate surface area is 248 Å². The SMILES string of the molecule is Cc1cccc(F)c1C(=O)N1CCC[C@H](C(=O)Nc2ccc(C=O)c(C(F)(F)F)c2)[C@@H]1C1C=CC(NC2CCCC2)=CC1. The predicted octanol–water partition coefficient (Wildman–Crippen LogP) is 6.82. The number of amides is 2. The molecule has 2 amide bonds. The third-order valence-corrected chi connectivity index (χ3v) is 8.77. The van der Waals surface area contributed by atoms with Crippen molar-refractivity contribution in [3.05, 3.63) is 88.4 Å². The van der Waals surface area contributed by atoms with E-state index in [0.717, 1.165) is 30.7 Å². The molecule has 3 aliphatic rings. The number of hydrogen-bond donors (Lipinski definition) is 2. The first-order valence-electron chi connectivity index (χ1n) is 14.7. The Morgan fingerprint density at radius 3 is 2.47 bits per heavy atom. The third kappa shape index (κ3) is 6.68. The van der Waals surface area contributed by atoms with Crippen molar-refractivity contribution in [2.24, 2.45) is 11.8 Å². The van der Waals surface area contributed by atoms with Gasteiger partial charge in [-0.25, -0.2) is 4.39 Å². The van der Waals surface area contributed by atoms with Crippen LogP contribution in [0.2, 0.25) is 0 Å². The van der Waals surface area contributed by atoms with E-state index in [1.807, 2.05) is 12.2 Å². The zero-order valence-electron chi connectivity index (χ0n) is 23.9. The van der Waals surface area contributed by atoms with Gasteiger partial charge in [0, 0.05) is 35.5 Å². The van der Waals surface area contributed by atoms with Crippen LogP contribution in [0.15, 0.2) is 60.3 Å². The molecular formula is C33H35F4N3O3. The van der Waals surface area contributed by atoms with Crippen LogP contribution in [0.1, 0.15) is 76.8 Å². The molecule has 1 saturated carbocycles. The van der Waals surface area contributed by atoms with Crippen molar-refractivity contribution in [2.75, 3.05) is 11.9 Å². The monoisotopic (exact) mass is 597 g/mol. The fourth-order valence-corrected chi connectivity index (χ4v) is 6.64.